The van der Waals surface area contributed by atoms with E-state index in [-0.39, 0.29) is 0 Å². The average Bonchev–Trinajstić information content (AvgIpc) is 2.93. The number of aryl methyl sites for hydroxylation is 1. The van der Waals surface area contributed by atoms with E-state index in [2.05, 4.69) is 48.8 Å². The number of hydrogen-bond donors (Lipinski definition) is 0. The predicted molar refractivity (Wildman–Crippen MR) is 88.3 cm³/mol. The van der Waals surface area contributed by atoms with Crippen LogP contribution in [0.25, 0.3) is 0 Å². The van der Waals surface area contributed by atoms with Gasteiger partial charge in [-0.1, -0.05) is 19.9 Å². The lowest BCUT2D eigenvalue weighted by molar-refractivity contribution is 0.176. The first kappa shape index (κ1) is 14.7. The van der Waals surface area contributed by atoms with E-state index in [4.69, 9.17) is 4.74 Å². The normalized spacial score (nSPS) is 26.2. The summed E-state index contributed by atoms with van der Waals surface area (Å²) in [6, 6.07) is 7.85. The largest absolute Gasteiger partial charge is 0.495 e. The molecule has 0 spiro atoms. The van der Waals surface area contributed by atoms with E-state index in [9.17, 15) is 0 Å². The second-order valence-corrected chi connectivity index (χ2v) is 6.93. The van der Waals surface area contributed by atoms with Crippen LogP contribution in [0.4, 0.5) is 5.69 Å². The zero-order valence-corrected chi connectivity index (χ0v) is 13.8. The molecule has 2 unspecified atom stereocenters. The summed E-state index contributed by atoms with van der Waals surface area (Å²) in [4.78, 5) is 5.31. The van der Waals surface area contributed by atoms with Gasteiger partial charge in [0.1, 0.15) is 5.75 Å². The van der Waals surface area contributed by atoms with Crippen molar-refractivity contribution in [3.63, 3.8) is 0 Å². The van der Waals surface area contributed by atoms with E-state index in [0.29, 0.717) is 12.0 Å². The van der Waals surface area contributed by atoms with Crippen molar-refractivity contribution in [2.75, 3.05) is 31.6 Å². The minimum Gasteiger partial charge on any atom is -0.495 e. The zero-order chi connectivity index (χ0) is 15.0. The van der Waals surface area contributed by atoms with Gasteiger partial charge >= 0.3 is 0 Å². The molecule has 0 radical (unpaired) electrons. The van der Waals surface area contributed by atoms with Crippen molar-refractivity contribution in [3.05, 3.63) is 23.8 Å². The van der Waals surface area contributed by atoms with Crippen molar-refractivity contribution in [1.29, 1.82) is 0 Å². The molecule has 2 fully saturated rings. The fraction of sp³-hybridized carbons (Fsp3) is 0.667. The van der Waals surface area contributed by atoms with Crippen molar-refractivity contribution in [2.45, 2.75) is 45.7 Å². The first-order chi connectivity index (χ1) is 10.1. The monoisotopic (exact) mass is 288 g/mol. The van der Waals surface area contributed by atoms with Gasteiger partial charge in [-0.05, 0) is 49.9 Å². The molecule has 116 valence electrons. The fourth-order valence-electron chi connectivity index (χ4n) is 3.92. The quantitative estimate of drug-likeness (QED) is 0.848. The molecule has 1 aromatic rings. The lowest BCUT2D eigenvalue weighted by Crippen LogP contribution is -2.58. The Labute approximate surface area is 128 Å². The molecule has 0 amide bonds. The summed E-state index contributed by atoms with van der Waals surface area (Å²) in [7, 11) is 1.78. The maximum Gasteiger partial charge on any atom is 0.142 e. The van der Waals surface area contributed by atoms with Crippen LogP contribution in [0, 0.1) is 12.8 Å². The number of piperazine rings is 1. The molecule has 0 N–H and O–H groups in total. The van der Waals surface area contributed by atoms with Crippen molar-refractivity contribution >= 4 is 5.69 Å². The third kappa shape index (κ3) is 2.76. The Kier molecular flexibility index (Phi) is 4.12. The second kappa shape index (κ2) is 5.88. The van der Waals surface area contributed by atoms with Crippen LogP contribution < -0.4 is 9.64 Å². The van der Waals surface area contributed by atoms with E-state index < -0.39 is 0 Å². The summed E-state index contributed by atoms with van der Waals surface area (Å²) in [6.45, 7) is 10.5. The van der Waals surface area contributed by atoms with Gasteiger partial charge in [0.15, 0.2) is 0 Å². The molecule has 0 bridgehead atoms. The highest BCUT2D eigenvalue weighted by molar-refractivity contribution is 5.61. The smallest absolute Gasteiger partial charge is 0.142 e. The molecule has 0 saturated carbocycles. The van der Waals surface area contributed by atoms with E-state index in [1.54, 1.807) is 7.11 Å². The van der Waals surface area contributed by atoms with Gasteiger partial charge in [0.05, 0.1) is 12.8 Å². The Balaban J connectivity index is 1.95. The van der Waals surface area contributed by atoms with Crippen molar-refractivity contribution in [1.82, 2.24) is 4.90 Å². The molecule has 1 aromatic carbocycles. The molecule has 21 heavy (non-hydrogen) atoms. The summed E-state index contributed by atoms with van der Waals surface area (Å²) in [5, 5.41) is 0. The minimum absolute atomic E-state index is 0.579. The van der Waals surface area contributed by atoms with Gasteiger partial charge in [0.25, 0.3) is 0 Å². The molecule has 2 atom stereocenters. The van der Waals surface area contributed by atoms with Crippen molar-refractivity contribution in [2.24, 2.45) is 5.92 Å². The highest BCUT2D eigenvalue weighted by Gasteiger charge is 2.38. The number of anilines is 1. The van der Waals surface area contributed by atoms with Gasteiger partial charge in [0.2, 0.25) is 0 Å². The third-order valence-electron chi connectivity index (χ3n) is 5.14. The predicted octanol–water partition coefficient (Wildman–Crippen LogP) is 3.31. The molecule has 3 heteroatoms. The van der Waals surface area contributed by atoms with Gasteiger partial charge in [0, 0.05) is 25.2 Å². The highest BCUT2D eigenvalue weighted by Crippen LogP contribution is 2.36. The fourth-order valence-corrected chi connectivity index (χ4v) is 3.92. The van der Waals surface area contributed by atoms with E-state index >= 15 is 0 Å². The number of fused-ring (bicyclic) bond motifs is 1. The minimum atomic E-state index is 0.579. The van der Waals surface area contributed by atoms with Crippen LogP contribution in [0.3, 0.4) is 0 Å². The average molecular weight is 288 g/mol. The van der Waals surface area contributed by atoms with Gasteiger partial charge in [-0.15, -0.1) is 0 Å². The van der Waals surface area contributed by atoms with Gasteiger partial charge in [-0.25, -0.2) is 0 Å². The summed E-state index contributed by atoms with van der Waals surface area (Å²) in [6.07, 6.45) is 2.70. The molecule has 3 rings (SSSR count). The standard InChI is InChI=1S/C18H28N2O/c1-13(2)17-12-19-9-5-6-15(19)11-20(17)16-10-14(3)7-8-18(16)21-4/h7-8,10,13,15,17H,5-6,9,11-12H2,1-4H3. The summed E-state index contributed by atoms with van der Waals surface area (Å²) < 4.78 is 5.64. The van der Waals surface area contributed by atoms with E-state index in [1.807, 2.05) is 0 Å². The van der Waals surface area contributed by atoms with Crippen LogP contribution in [0.2, 0.25) is 0 Å². The molecule has 2 saturated heterocycles. The number of rotatable bonds is 3. The third-order valence-corrected chi connectivity index (χ3v) is 5.14. The van der Waals surface area contributed by atoms with E-state index in [1.165, 1.54) is 37.2 Å². The molecule has 0 aliphatic carbocycles. The maximum absolute atomic E-state index is 5.64. The maximum atomic E-state index is 5.64. The Hall–Kier alpha value is -1.22. The van der Waals surface area contributed by atoms with Crippen molar-refractivity contribution < 1.29 is 4.74 Å². The summed E-state index contributed by atoms with van der Waals surface area (Å²) in [5.41, 5.74) is 2.59. The van der Waals surface area contributed by atoms with Crippen LogP contribution in [0.1, 0.15) is 32.3 Å². The molecule has 3 nitrogen and oxygen atoms in total. The molecule has 2 heterocycles. The molecular formula is C18H28N2O. The van der Waals surface area contributed by atoms with Crippen LogP contribution >= 0.6 is 0 Å². The van der Waals surface area contributed by atoms with Gasteiger partial charge in [-0.3, -0.25) is 4.90 Å². The summed E-state index contributed by atoms with van der Waals surface area (Å²) in [5.74, 6) is 1.66. The van der Waals surface area contributed by atoms with Crippen LogP contribution in [0.15, 0.2) is 18.2 Å². The summed E-state index contributed by atoms with van der Waals surface area (Å²) >= 11 is 0. The molecule has 2 aliphatic heterocycles. The van der Waals surface area contributed by atoms with Crippen LogP contribution in [-0.2, 0) is 0 Å². The number of ether oxygens (including phenoxy) is 1. The SMILES string of the molecule is COc1ccc(C)cc1N1CC2CCCN2CC1C(C)C. The lowest BCUT2D eigenvalue weighted by Gasteiger charge is -2.47. The molecule has 0 aromatic heterocycles. The van der Waals surface area contributed by atoms with Gasteiger partial charge in [-0.2, -0.15) is 0 Å². The highest BCUT2D eigenvalue weighted by atomic mass is 16.5. The van der Waals surface area contributed by atoms with Crippen LogP contribution in [-0.4, -0.2) is 43.7 Å². The molecule has 2 aliphatic rings. The Morgan fingerprint density at radius 3 is 2.76 bits per heavy atom. The Bertz CT molecular complexity index is 500. The lowest BCUT2D eigenvalue weighted by atomic mass is 9.96. The zero-order valence-electron chi connectivity index (χ0n) is 13.8. The number of benzene rings is 1. The topological polar surface area (TPSA) is 15.7 Å². The van der Waals surface area contributed by atoms with Crippen molar-refractivity contribution in [3.8, 4) is 5.75 Å². The van der Waals surface area contributed by atoms with E-state index in [0.717, 1.165) is 18.3 Å². The number of hydrogen-bond acceptors (Lipinski definition) is 3. The Morgan fingerprint density at radius 1 is 1.24 bits per heavy atom. The first-order valence-electron chi connectivity index (χ1n) is 8.25. The van der Waals surface area contributed by atoms with Crippen LogP contribution in [0.5, 0.6) is 5.75 Å². The second-order valence-electron chi connectivity index (χ2n) is 6.93. The molecular weight excluding hydrogens is 260 g/mol. The number of methoxy groups -OCH3 is 1. The first-order valence-corrected chi connectivity index (χ1v) is 8.25. The van der Waals surface area contributed by atoms with Gasteiger partial charge < -0.3 is 9.64 Å². The number of nitrogens with zero attached hydrogens (tertiary/aromatic N) is 2. The Morgan fingerprint density at radius 2 is 2.05 bits per heavy atom.